The van der Waals surface area contributed by atoms with Gasteiger partial charge in [0.25, 0.3) is 0 Å². The first-order valence-corrected chi connectivity index (χ1v) is 4.88. The highest BCUT2D eigenvalue weighted by atomic mass is 16.6. The lowest BCUT2D eigenvalue weighted by molar-refractivity contribution is 0.103. The third-order valence-electron chi connectivity index (χ3n) is 1.86. The van der Waals surface area contributed by atoms with Crippen molar-refractivity contribution in [3.05, 3.63) is 0 Å². The van der Waals surface area contributed by atoms with Crippen molar-refractivity contribution in [1.82, 2.24) is 0 Å². The van der Waals surface area contributed by atoms with E-state index in [1.807, 2.05) is 0 Å². The van der Waals surface area contributed by atoms with Gasteiger partial charge in [0.2, 0.25) is 0 Å². The van der Waals surface area contributed by atoms with Crippen LogP contribution in [0, 0.1) is 0 Å². The van der Waals surface area contributed by atoms with Crippen LogP contribution in [0.4, 0.5) is 4.79 Å². The highest BCUT2D eigenvalue weighted by molar-refractivity contribution is 5.64. The average molecular weight is 188 g/mol. The van der Waals surface area contributed by atoms with Crippen LogP contribution in [0.3, 0.4) is 0 Å². The molecular weight excluding hydrogens is 168 g/mol. The molecule has 1 unspecified atom stereocenters. The molecule has 1 atom stereocenters. The molecule has 0 saturated heterocycles. The first kappa shape index (κ1) is 12.2. The van der Waals surface area contributed by atoms with Gasteiger partial charge < -0.3 is 10.5 Å². The smallest absolute Gasteiger partial charge is 0.406 e. The van der Waals surface area contributed by atoms with E-state index in [-0.39, 0.29) is 0 Å². The number of ether oxygens (including phenoxy) is 1. The van der Waals surface area contributed by atoms with Crippen LogP contribution in [-0.4, -0.2) is 12.3 Å². The fourth-order valence-corrected chi connectivity index (χ4v) is 1.16. The molecule has 0 aromatic heterocycles. The van der Waals surface area contributed by atoms with Crippen LogP contribution in [0.15, 0.2) is 0 Å². The number of hydrogen-bond donors (Lipinski definition) is 2. The molecule has 0 bridgehead atoms. The van der Waals surface area contributed by atoms with Crippen molar-refractivity contribution >= 4 is 6.09 Å². The summed E-state index contributed by atoms with van der Waals surface area (Å²) in [5.74, 6) is 0. The molecule has 4 nitrogen and oxygen atoms in total. The summed E-state index contributed by atoms with van der Waals surface area (Å²) in [6, 6.07) is 0. The molecule has 0 fully saturated rings. The van der Waals surface area contributed by atoms with Gasteiger partial charge in [0.15, 0.2) is 6.23 Å². The van der Waals surface area contributed by atoms with E-state index < -0.39 is 12.3 Å². The summed E-state index contributed by atoms with van der Waals surface area (Å²) in [6.07, 6.45) is 5.22. The van der Waals surface area contributed by atoms with Crippen LogP contribution in [0.5, 0.6) is 0 Å². The topological polar surface area (TPSA) is 78.3 Å². The van der Waals surface area contributed by atoms with Gasteiger partial charge >= 0.3 is 6.09 Å². The molecule has 0 aromatic rings. The number of rotatable bonds is 7. The van der Waals surface area contributed by atoms with Crippen molar-refractivity contribution in [2.24, 2.45) is 11.5 Å². The van der Waals surface area contributed by atoms with E-state index >= 15 is 0 Å². The zero-order valence-electron chi connectivity index (χ0n) is 8.29. The Bertz CT molecular complexity index is 140. The van der Waals surface area contributed by atoms with E-state index in [4.69, 9.17) is 11.5 Å². The summed E-state index contributed by atoms with van der Waals surface area (Å²) in [6.45, 7) is 2.17. The second-order valence-corrected chi connectivity index (χ2v) is 3.18. The number of unbranched alkanes of at least 4 members (excludes halogenated alkanes) is 4. The first-order valence-electron chi connectivity index (χ1n) is 4.88. The number of carbonyl (C=O) groups excluding carboxylic acids is 1. The van der Waals surface area contributed by atoms with Crippen LogP contribution < -0.4 is 11.5 Å². The van der Waals surface area contributed by atoms with Gasteiger partial charge in [-0.3, -0.25) is 5.73 Å². The van der Waals surface area contributed by atoms with Crippen LogP contribution in [0.25, 0.3) is 0 Å². The van der Waals surface area contributed by atoms with Crippen molar-refractivity contribution in [1.29, 1.82) is 0 Å². The number of amides is 1. The van der Waals surface area contributed by atoms with E-state index in [2.05, 4.69) is 11.7 Å². The molecule has 0 radical (unpaired) electrons. The second kappa shape index (κ2) is 7.86. The fourth-order valence-electron chi connectivity index (χ4n) is 1.16. The molecule has 0 aromatic carbocycles. The Hall–Kier alpha value is -0.770. The number of carbonyl (C=O) groups is 1. The van der Waals surface area contributed by atoms with Gasteiger partial charge in [0.05, 0.1) is 0 Å². The standard InChI is InChI=1S/C9H20N2O2/c1-2-3-4-5-6-7-8(10)13-9(11)12/h8H,2-7,10H2,1H3,(H2,11,12). The Labute approximate surface area is 79.6 Å². The van der Waals surface area contributed by atoms with Gasteiger partial charge in [-0.2, -0.15) is 0 Å². The van der Waals surface area contributed by atoms with Gasteiger partial charge in [-0.25, -0.2) is 4.79 Å². The van der Waals surface area contributed by atoms with Crippen molar-refractivity contribution in [3.8, 4) is 0 Å². The predicted molar refractivity (Wildman–Crippen MR) is 52.0 cm³/mol. The SMILES string of the molecule is CCCCCCCC(N)OC(N)=O. The minimum absolute atomic E-state index is 0.529. The first-order chi connectivity index (χ1) is 6.16. The zero-order chi connectivity index (χ0) is 10.1. The largest absolute Gasteiger partial charge is 0.431 e. The van der Waals surface area contributed by atoms with E-state index in [1.165, 1.54) is 19.3 Å². The van der Waals surface area contributed by atoms with Crippen LogP contribution in [-0.2, 0) is 4.74 Å². The van der Waals surface area contributed by atoms with Crippen LogP contribution >= 0.6 is 0 Å². The van der Waals surface area contributed by atoms with Gasteiger partial charge in [-0.1, -0.05) is 32.6 Å². The molecule has 0 aliphatic carbocycles. The summed E-state index contributed by atoms with van der Waals surface area (Å²) in [5.41, 5.74) is 10.3. The normalized spacial score (nSPS) is 12.5. The Morgan fingerprint density at radius 3 is 2.46 bits per heavy atom. The van der Waals surface area contributed by atoms with Gasteiger partial charge in [-0.05, 0) is 12.8 Å². The zero-order valence-corrected chi connectivity index (χ0v) is 8.29. The molecule has 78 valence electrons. The van der Waals surface area contributed by atoms with Gasteiger partial charge in [-0.15, -0.1) is 0 Å². The lowest BCUT2D eigenvalue weighted by Gasteiger charge is -2.10. The van der Waals surface area contributed by atoms with Crippen LogP contribution in [0.2, 0.25) is 0 Å². The maximum Gasteiger partial charge on any atom is 0.406 e. The predicted octanol–water partition coefficient (Wildman–Crippen LogP) is 1.73. The number of nitrogens with two attached hydrogens (primary N) is 2. The molecule has 4 N–H and O–H groups in total. The monoisotopic (exact) mass is 188 g/mol. The third-order valence-corrected chi connectivity index (χ3v) is 1.86. The summed E-state index contributed by atoms with van der Waals surface area (Å²) in [7, 11) is 0. The van der Waals surface area contributed by atoms with E-state index in [1.54, 1.807) is 0 Å². The van der Waals surface area contributed by atoms with Crippen LogP contribution in [0.1, 0.15) is 45.4 Å². The molecule has 4 heteroatoms. The fraction of sp³-hybridized carbons (Fsp3) is 0.889. The Morgan fingerprint density at radius 1 is 1.31 bits per heavy atom. The van der Waals surface area contributed by atoms with Gasteiger partial charge in [0, 0.05) is 0 Å². The summed E-state index contributed by atoms with van der Waals surface area (Å²) in [4.78, 5) is 10.3. The summed E-state index contributed by atoms with van der Waals surface area (Å²) < 4.78 is 4.57. The maximum atomic E-state index is 10.3. The summed E-state index contributed by atoms with van der Waals surface area (Å²) in [5, 5.41) is 0. The van der Waals surface area contributed by atoms with Crippen molar-refractivity contribution in [2.75, 3.05) is 0 Å². The lowest BCUT2D eigenvalue weighted by atomic mass is 10.1. The van der Waals surface area contributed by atoms with E-state index in [0.717, 1.165) is 12.8 Å². The minimum Gasteiger partial charge on any atom is -0.431 e. The highest BCUT2D eigenvalue weighted by Crippen LogP contribution is 2.06. The summed E-state index contributed by atoms with van der Waals surface area (Å²) >= 11 is 0. The molecule has 1 amide bonds. The Morgan fingerprint density at radius 2 is 1.92 bits per heavy atom. The molecular formula is C9H20N2O2. The minimum atomic E-state index is -0.791. The van der Waals surface area contributed by atoms with E-state index in [9.17, 15) is 4.79 Å². The average Bonchev–Trinajstić information content (AvgIpc) is 2.02. The molecule has 0 aliphatic rings. The molecule has 0 aliphatic heterocycles. The highest BCUT2D eigenvalue weighted by Gasteiger charge is 2.04. The third kappa shape index (κ3) is 9.14. The quantitative estimate of drug-likeness (QED) is 0.471. The van der Waals surface area contributed by atoms with Gasteiger partial charge in [0.1, 0.15) is 0 Å². The molecule has 0 rings (SSSR count). The Balaban J connectivity index is 3.17. The number of hydrogen-bond acceptors (Lipinski definition) is 3. The molecule has 0 saturated carbocycles. The molecule has 0 heterocycles. The Kier molecular flexibility index (Phi) is 7.39. The second-order valence-electron chi connectivity index (χ2n) is 3.18. The van der Waals surface area contributed by atoms with Crippen molar-refractivity contribution in [2.45, 2.75) is 51.7 Å². The maximum absolute atomic E-state index is 10.3. The molecule has 13 heavy (non-hydrogen) atoms. The lowest BCUT2D eigenvalue weighted by Crippen LogP contribution is -2.29. The van der Waals surface area contributed by atoms with E-state index in [0.29, 0.717) is 6.42 Å². The van der Waals surface area contributed by atoms with Crippen molar-refractivity contribution < 1.29 is 9.53 Å². The number of primary amides is 1. The van der Waals surface area contributed by atoms with Crippen molar-refractivity contribution in [3.63, 3.8) is 0 Å². The molecule has 0 spiro atoms.